The van der Waals surface area contributed by atoms with Crippen molar-refractivity contribution in [3.05, 3.63) is 47.0 Å². The van der Waals surface area contributed by atoms with Crippen LogP contribution in [0.5, 0.6) is 23.0 Å². The van der Waals surface area contributed by atoms with Crippen molar-refractivity contribution in [2.24, 2.45) is 0 Å². The van der Waals surface area contributed by atoms with Crippen LogP contribution in [0.25, 0.3) is 0 Å². The lowest BCUT2D eigenvalue weighted by Crippen LogP contribution is -2.55. The van der Waals surface area contributed by atoms with Gasteiger partial charge < -0.3 is 45.6 Å². The molecule has 2 aromatic rings. The maximum Gasteiger partial charge on any atom is 0.178 e. The van der Waals surface area contributed by atoms with Crippen LogP contribution in [0.2, 0.25) is 0 Å². The van der Waals surface area contributed by atoms with Gasteiger partial charge in [0.15, 0.2) is 11.6 Å². The predicted molar refractivity (Wildman–Crippen MR) is 106 cm³/mol. The zero-order chi connectivity index (χ0) is 23.7. The molecule has 5 atom stereocenters. The van der Waals surface area contributed by atoms with E-state index in [-0.39, 0.29) is 11.3 Å². The first kappa shape index (κ1) is 23.4. The van der Waals surface area contributed by atoms with Crippen LogP contribution >= 0.6 is 0 Å². The number of aliphatic hydroxyl groups excluding tert-OH is 4. The van der Waals surface area contributed by atoms with Crippen LogP contribution in [0.3, 0.4) is 0 Å². The smallest absolute Gasteiger partial charge is 0.178 e. The molecule has 1 aliphatic rings. The zero-order valence-electron chi connectivity index (χ0n) is 16.5. The number of phenols is 4. The molecule has 8 N–H and O–H groups in total. The normalized spacial score (nSPS) is 25.4. The minimum Gasteiger partial charge on any atom is -0.508 e. The molecule has 0 spiro atoms. The summed E-state index contributed by atoms with van der Waals surface area (Å²) in [5.74, 6) is -4.45. The Kier molecular flexibility index (Phi) is 6.67. The van der Waals surface area contributed by atoms with Crippen molar-refractivity contribution >= 4 is 11.6 Å². The highest BCUT2D eigenvalue weighted by Gasteiger charge is 2.46. The van der Waals surface area contributed by atoms with Crippen molar-refractivity contribution in [1.29, 1.82) is 0 Å². The fourth-order valence-electron chi connectivity index (χ4n) is 3.54. The Morgan fingerprint density at radius 3 is 2.06 bits per heavy atom. The van der Waals surface area contributed by atoms with E-state index >= 15 is 0 Å². The monoisotopic (exact) mass is 450 g/mol. The highest BCUT2D eigenvalue weighted by molar-refractivity contribution is 6.15. The summed E-state index contributed by atoms with van der Waals surface area (Å²) in [4.78, 5) is 25.1. The van der Waals surface area contributed by atoms with Gasteiger partial charge in [0.25, 0.3) is 0 Å². The first-order chi connectivity index (χ1) is 15.1. The van der Waals surface area contributed by atoms with E-state index in [9.17, 15) is 50.4 Å². The lowest BCUT2D eigenvalue weighted by atomic mass is 9.88. The Bertz CT molecular complexity index is 1020. The molecule has 1 saturated heterocycles. The predicted octanol–water partition coefficient (Wildman–Crippen LogP) is -0.520. The number of hydrogen-bond donors (Lipinski definition) is 8. The first-order valence-corrected chi connectivity index (χ1v) is 9.50. The van der Waals surface area contributed by atoms with Crippen molar-refractivity contribution in [2.45, 2.75) is 36.9 Å². The van der Waals surface area contributed by atoms with Gasteiger partial charge in [0.1, 0.15) is 59.1 Å². The molecule has 32 heavy (non-hydrogen) atoms. The maximum atomic E-state index is 12.7. The topological polar surface area (TPSA) is 205 Å². The Morgan fingerprint density at radius 2 is 1.47 bits per heavy atom. The van der Waals surface area contributed by atoms with E-state index in [4.69, 9.17) is 4.74 Å². The average Bonchev–Trinajstić information content (AvgIpc) is 2.73. The maximum absolute atomic E-state index is 12.7. The van der Waals surface area contributed by atoms with E-state index in [2.05, 4.69) is 0 Å². The van der Waals surface area contributed by atoms with Gasteiger partial charge in [0, 0.05) is 11.6 Å². The summed E-state index contributed by atoms with van der Waals surface area (Å²) in [5, 5.41) is 79.8. The molecule has 3 rings (SSSR count). The van der Waals surface area contributed by atoms with E-state index < -0.39 is 83.5 Å². The molecule has 1 fully saturated rings. The van der Waals surface area contributed by atoms with Crippen LogP contribution in [0.1, 0.15) is 38.8 Å². The van der Waals surface area contributed by atoms with Crippen molar-refractivity contribution in [1.82, 2.24) is 0 Å². The summed E-state index contributed by atoms with van der Waals surface area (Å²) < 4.78 is 5.30. The van der Waals surface area contributed by atoms with Gasteiger partial charge in [-0.15, -0.1) is 0 Å². The van der Waals surface area contributed by atoms with Crippen LogP contribution in [-0.4, -0.2) is 83.4 Å². The molecule has 1 heterocycles. The molecule has 172 valence electrons. The van der Waals surface area contributed by atoms with Gasteiger partial charge in [-0.2, -0.15) is 0 Å². The number of carbonyl (C=O) groups excluding carboxylic acids is 2. The fraction of sp³-hybridized carbons (Fsp3) is 0.333. The number of benzene rings is 2. The summed E-state index contributed by atoms with van der Waals surface area (Å²) in [5.41, 5.74) is -1.23. The molecule has 0 bridgehead atoms. The highest BCUT2D eigenvalue weighted by atomic mass is 16.5. The average molecular weight is 450 g/mol. The third-order valence-electron chi connectivity index (χ3n) is 5.26. The molecule has 0 radical (unpaired) electrons. The number of ether oxygens (including phenoxy) is 1. The van der Waals surface area contributed by atoms with E-state index in [0.29, 0.717) is 6.07 Å². The van der Waals surface area contributed by atoms with Crippen molar-refractivity contribution in [3.8, 4) is 23.0 Å². The molecular formula is C21H22O11. The van der Waals surface area contributed by atoms with E-state index in [1.165, 1.54) is 24.3 Å². The first-order valence-electron chi connectivity index (χ1n) is 9.50. The largest absolute Gasteiger partial charge is 0.508 e. The molecule has 11 nitrogen and oxygen atoms in total. The highest BCUT2D eigenvalue weighted by Crippen LogP contribution is 2.46. The summed E-state index contributed by atoms with van der Waals surface area (Å²) in [7, 11) is 0. The molecule has 0 amide bonds. The van der Waals surface area contributed by atoms with E-state index in [1.54, 1.807) is 0 Å². The number of phenolic OH excluding ortho intramolecular Hbond substituents is 4. The van der Waals surface area contributed by atoms with Crippen molar-refractivity contribution < 1.29 is 55.2 Å². The number of aromatic hydroxyl groups is 4. The Balaban J connectivity index is 1.96. The number of aliphatic hydroxyl groups is 4. The second-order valence-corrected chi connectivity index (χ2v) is 7.37. The molecule has 1 aliphatic heterocycles. The molecule has 0 saturated carbocycles. The van der Waals surface area contributed by atoms with Crippen LogP contribution in [0.15, 0.2) is 30.3 Å². The van der Waals surface area contributed by atoms with Gasteiger partial charge in [-0.1, -0.05) is 0 Å². The van der Waals surface area contributed by atoms with Gasteiger partial charge in [-0.05, 0) is 24.3 Å². The number of Topliss-reactive ketones (excluding diaryl/α,β-unsaturated/α-hetero) is 2. The fourth-order valence-corrected chi connectivity index (χ4v) is 3.54. The minimum atomic E-state index is -1.88. The third kappa shape index (κ3) is 4.24. The molecular weight excluding hydrogens is 428 g/mol. The zero-order valence-corrected chi connectivity index (χ0v) is 16.5. The second kappa shape index (κ2) is 9.10. The lowest BCUT2D eigenvalue weighted by molar-refractivity contribution is -0.232. The van der Waals surface area contributed by atoms with Crippen LogP contribution in [0, 0.1) is 0 Å². The minimum absolute atomic E-state index is 0.0862. The SMILES string of the molecule is O=C(CC(=O)c1c(O)cc(O)c([C@@H]2OC(CO)[C@@H](O)C(O)C2O)c1O)c1ccc(O)cc1. The van der Waals surface area contributed by atoms with E-state index in [0.717, 1.165) is 0 Å². The standard InChI is InChI=1S/C21H22O11/c22-7-14-17(28)19(30)20(31)21(32-14)16-13(27)6-12(26)15(18(16)29)11(25)5-10(24)8-1-3-9(23)4-2-8/h1-4,6,14,17,19-23,26-31H,5,7H2/t14?,17-,19?,20?,21+/m1/s1. The Morgan fingerprint density at radius 1 is 0.844 bits per heavy atom. The summed E-state index contributed by atoms with van der Waals surface area (Å²) in [6, 6.07) is 5.73. The lowest BCUT2D eigenvalue weighted by Gasteiger charge is -2.40. The van der Waals surface area contributed by atoms with Gasteiger partial charge in [0.2, 0.25) is 0 Å². The quantitative estimate of drug-likeness (QED) is 0.208. The molecule has 2 aromatic carbocycles. The number of rotatable bonds is 6. The molecule has 0 aromatic heterocycles. The van der Waals surface area contributed by atoms with Crippen LogP contribution in [-0.2, 0) is 4.74 Å². The summed E-state index contributed by atoms with van der Waals surface area (Å²) >= 11 is 0. The van der Waals surface area contributed by atoms with E-state index in [1.807, 2.05) is 0 Å². The van der Waals surface area contributed by atoms with Crippen molar-refractivity contribution in [2.75, 3.05) is 6.61 Å². The summed E-state index contributed by atoms with van der Waals surface area (Å²) in [6.07, 6.45) is -9.24. The Hall–Kier alpha value is -3.22. The molecule has 11 heteroatoms. The second-order valence-electron chi connectivity index (χ2n) is 7.37. The van der Waals surface area contributed by atoms with Gasteiger partial charge in [0.05, 0.1) is 18.6 Å². The summed E-state index contributed by atoms with van der Waals surface area (Å²) in [6.45, 7) is -0.770. The van der Waals surface area contributed by atoms with Crippen LogP contribution in [0.4, 0.5) is 0 Å². The van der Waals surface area contributed by atoms with Gasteiger partial charge in [-0.25, -0.2) is 0 Å². The molecule has 0 aliphatic carbocycles. The van der Waals surface area contributed by atoms with Crippen LogP contribution < -0.4 is 0 Å². The number of hydrogen-bond acceptors (Lipinski definition) is 11. The van der Waals surface area contributed by atoms with Crippen molar-refractivity contribution in [3.63, 3.8) is 0 Å². The van der Waals surface area contributed by atoms with Gasteiger partial charge >= 0.3 is 0 Å². The number of ketones is 2. The number of carbonyl (C=O) groups is 2. The third-order valence-corrected chi connectivity index (χ3v) is 5.26. The van der Waals surface area contributed by atoms with Gasteiger partial charge in [-0.3, -0.25) is 9.59 Å². The molecule has 3 unspecified atom stereocenters. The Labute approximate surface area is 181 Å².